The van der Waals surface area contributed by atoms with Crippen molar-refractivity contribution in [3.8, 4) is 6.07 Å². The van der Waals surface area contributed by atoms with Gasteiger partial charge in [-0.05, 0) is 58.0 Å². The van der Waals surface area contributed by atoms with E-state index in [1.54, 1.807) is 0 Å². The maximum Gasteiger partial charge on any atom is 0.0766 e. The van der Waals surface area contributed by atoms with E-state index < -0.39 is 5.41 Å². The number of benzene rings is 1. The summed E-state index contributed by atoms with van der Waals surface area (Å²) in [6, 6.07) is 11.2. The van der Waals surface area contributed by atoms with Crippen molar-refractivity contribution in [2.45, 2.75) is 38.1 Å². The van der Waals surface area contributed by atoms with E-state index in [0.717, 1.165) is 17.8 Å². The summed E-state index contributed by atoms with van der Waals surface area (Å²) in [6.07, 6.45) is 2.49. The molecule has 0 aliphatic carbocycles. The minimum atomic E-state index is -0.413. The van der Waals surface area contributed by atoms with Crippen LogP contribution in [0.2, 0.25) is 0 Å². The van der Waals surface area contributed by atoms with Gasteiger partial charge in [-0.15, -0.1) is 0 Å². The fraction of sp³-hybridized carbons (Fsp3) is 0.562. The van der Waals surface area contributed by atoms with Crippen LogP contribution >= 0.6 is 0 Å². The quantitative estimate of drug-likeness (QED) is 0.904. The number of anilines is 1. The highest BCUT2D eigenvalue weighted by molar-refractivity contribution is 5.47. The number of nitriles is 1. The van der Waals surface area contributed by atoms with Crippen LogP contribution in [0.4, 0.5) is 5.69 Å². The zero-order valence-electron chi connectivity index (χ0n) is 12.1. The summed E-state index contributed by atoms with van der Waals surface area (Å²) >= 11 is 0. The smallest absolute Gasteiger partial charge is 0.0766 e. The number of piperidine rings is 1. The predicted octanol–water partition coefficient (Wildman–Crippen LogP) is 2.99. The van der Waals surface area contributed by atoms with Gasteiger partial charge in [-0.3, -0.25) is 0 Å². The van der Waals surface area contributed by atoms with Gasteiger partial charge in [0.05, 0.1) is 11.5 Å². The van der Waals surface area contributed by atoms with E-state index in [1.807, 2.05) is 13.8 Å². The molecule has 1 atom stereocenters. The van der Waals surface area contributed by atoms with Gasteiger partial charge in [-0.1, -0.05) is 12.1 Å². The minimum Gasteiger partial charge on any atom is -0.381 e. The van der Waals surface area contributed by atoms with Crippen LogP contribution in [0.5, 0.6) is 0 Å². The third-order valence-corrected chi connectivity index (χ3v) is 3.88. The maximum atomic E-state index is 9.14. The Balaban J connectivity index is 2.01. The molecule has 1 aromatic rings. The Morgan fingerprint density at radius 1 is 1.32 bits per heavy atom. The van der Waals surface area contributed by atoms with Crippen LogP contribution in [-0.2, 0) is 5.41 Å². The summed E-state index contributed by atoms with van der Waals surface area (Å²) < 4.78 is 0. The van der Waals surface area contributed by atoms with E-state index >= 15 is 0 Å². The van der Waals surface area contributed by atoms with E-state index in [9.17, 15) is 0 Å². The Hall–Kier alpha value is -1.53. The van der Waals surface area contributed by atoms with Crippen LogP contribution < -0.4 is 5.32 Å². The molecule has 3 nitrogen and oxygen atoms in total. The fourth-order valence-corrected chi connectivity index (χ4v) is 2.57. The molecule has 0 amide bonds. The Morgan fingerprint density at radius 3 is 2.58 bits per heavy atom. The van der Waals surface area contributed by atoms with Crippen molar-refractivity contribution in [3.63, 3.8) is 0 Å². The van der Waals surface area contributed by atoms with E-state index in [1.165, 1.54) is 19.4 Å². The molecule has 1 unspecified atom stereocenters. The van der Waals surface area contributed by atoms with Gasteiger partial charge in [0, 0.05) is 18.3 Å². The first-order valence-corrected chi connectivity index (χ1v) is 6.98. The number of hydrogen-bond acceptors (Lipinski definition) is 3. The Kier molecular flexibility index (Phi) is 4.11. The second-order valence-electron chi connectivity index (χ2n) is 6.06. The molecule has 2 rings (SSSR count). The molecule has 1 fully saturated rings. The van der Waals surface area contributed by atoms with Gasteiger partial charge in [0.25, 0.3) is 0 Å². The number of likely N-dealkylation sites (tertiary alicyclic amines) is 1. The molecular weight excluding hydrogens is 234 g/mol. The first-order chi connectivity index (χ1) is 9.01. The second kappa shape index (κ2) is 5.63. The van der Waals surface area contributed by atoms with Crippen molar-refractivity contribution in [2.75, 3.05) is 25.5 Å². The predicted molar refractivity (Wildman–Crippen MR) is 79.2 cm³/mol. The Morgan fingerprint density at radius 2 is 2.00 bits per heavy atom. The van der Waals surface area contributed by atoms with Crippen LogP contribution in [0, 0.1) is 11.3 Å². The minimum absolute atomic E-state index is 0.413. The largest absolute Gasteiger partial charge is 0.381 e. The van der Waals surface area contributed by atoms with Crippen LogP contribution in [0.3, 0.4) is 0 Å². The topological polar surface area (TPSA) is 39.1 Å². The monoisotopic (exact) mass is 257 g/mol. The molecule has 1 saturated heterocycles. The fourth-order valence-electron chi connectivity index (χ4n) is 2.57. The van der Waals surface area contributed by atoms with Crippen molar-refractivity contribution in [1.29, 1.82) is 5.26 Å². The van der Waals surface area contributed by atoms with Crippen LogP contribution in [-0.4, -0.2) is 31.1 Å². The first kappa shape index (κ1) is 13.9. The lowest BCUT2D eigenvalue weighted by Crippen LogP contribution is -2.39. The second-order valence-corrected chi connectivity index (χ2v) is 6.06. The molecule has 1 aliphatic rings. The SMILES string of the molecule is CN1CCCC(Nc2ccc(C(C)(C)C#N)cc2)C1. The van der Waals surface area contributed by atoms with Gasteiger partial charge in [-0.2, -0.15) is 5.26 Å². The highest BCUT2D eigenvalue weighted by atomic mass is 15.1. The standard InChI is InChI=1S/C16H23N3/c1-16(2,12-17)13-6-8-14(9-7-13)18-15-5-4-10-19(3)11-15/h6-9,15,18H,4-5,10-11H2,1-3H3. The lowest BCUT2D eigenvalue weighted by Gasteiger charge is -2.31. The third kappa shape index (κ3) is 3.48. The van der Waals surface area contributed by atoms with Gasteiger partial charge in [0.2, 0.25) is 0 Å². The molecule has 102 valence electrons. The average molecular weight is 257 g/mol. The number of nitrogens with one attached hydrogen (secondary N) is 1. The molecule has 0 aromatic heterocycles. The summed E-state index contributed by atoms with van der Waals surface area (Å²) in [5.41, 5.74) is 1.81. The molecule has 1 N–H and O–H groups in total. The number of likely N-dealkylation sites (N-methyl/N-ethyl adjacent to an activating group) is 1. The summed E-state index contributed by atoms with van der Waals surface area (Å²) in [5, 5.41) is 12.7. The maximum absolute atomic E-state index is 9.14. The number of nitrogens with zero attached hydrogens (tertiary/aromatic N) is 2. The van der Waals surface area contributed by atoms with Crippen LogP contribution in [0.25, 0.3) is 0 Å². The lowest BCUT2D eigenvalue weighted by atomic mass is 9.86. The van der Waals surface area contributed by atoms with Gasteiger partial charge in [-0.25, -0.2) is 0 Å². The summed E-state index contributed by atoms with van der Waals surface area (Å²) in [7, 11) is 2.17. The van der Waals surface area contributed by atoms with Crippen LogP contribution in [0.1, 0.15) is 32.3 Å². The summed E-state index contributed by atoms with van der Waals surface area (Å²) in [6.45, 7) is 6.20. The molecular formula is C16H23N3. The van der Waals surface area contributed by atoms with Crippen molar-refractivity contribution in [1.82, 2.24) is 4.90 Å². The zero-order valence-corrected chi connectivity index (χ0v) is 12.1. The lowest BCUT2D eigenvalue weighted by molar-refractivity contribution is 0.261. The van der Waals surface area contributed by atoms with E-state index in [4.69, 9.17) is 5.26 Å². The summed E-state index contributed by atoms with van der Waals surface area (Å²) in [5.74, 6) is 0. The van der Waals surface area contributed by atoms with Gasteiger partial charge in [0.15, 0.2) is 0 Å². The third-order valence-electron chi connectivity index (χ3n) is 3.88. The molecule has 19 heavy (non-hydrogen) atoms. The molecule has 0 saturated carbocycles. The van der Waals surface area contributed by atoms with Gasteiger partial charge >= 0.3 is 0 Å². The Bertz CT molecular complexity index is 456. The molecule has 1 heterocycles. The van der Waals surface area contributed by atoms with Crippen LogP contribution in [0.15, 0.2) is 24.3 Å². The molecule has 3 heteroatoms. The van der Waals surface area contributed by atoms with Gasteiger partial charge in [0.1, 0.15) is 0 Å². The molecule has 0 bridgehead atoms. The number of rotatable bonds is 3. The van der Waals surface area contributed by atoms with Crippen molar-refractivity contribution >= 4 is 5.69 Å². The molecule has 1 aliphatic heterocycles. The normalized spacial score (nSPS) is 20.8. The van der Waals surface area contributed by atoms with Crippen molar-refractivity contribution < 1.29 is 0 Å². The highest BCUT2D eigenvalue weighted by Gasteiger charge is 2.20. The van der Waals surface area contributed by atoms with Crippen molar-refractivity contribution in [2.24, 2.45) is 0 Å². The highest BCUT2D eigenvalue weighted by Crippen LogP contribution is 2.24. The van der Waals surface area contributed by atoms with Crippen molar-refractivity contribution in [3.05, 3.63) is 29.8 Å². The zero-order chi connectivity index (χ0) is 13.9. The molecule has 1 aromatic carbocycles. The molecule has 0 spiro atoms. The first-order valence-electron chi connectivity index (χ1n) is 6.98. The average Bonchev–Trinajstić information content (AvgIpc) is 2.39. The number of hydrogen-bond donors (Lipinski definition) is 1. The summed E-state index contributed by atoms with van der Waals surface area (Å²) in [4.78, 5) is 2.37. The van der Waals surface area contributed by atoms with E-state index in [0.29, 0.717) is 6.04 Å². The van der Waals surface area contributed by atoms with E-state index in [2.05, 4.69) is 47.6 Å². The Labute approximate surface area is 116 Å². The van der Waals surface area contributed by atoms with E-state index in [-0.39, 0.29) is 0 Å². The van der Waals surface area contributed by atoms with Gasteiger partial charge < -0.3 is 10.2 Å². The molecule has 0 radical (unpaired) electrons.